The molecule has 0 unspecified atom stereocenters. The quantitative estimate of drug-likeness (QED) is 0.870. The highest BCUT2D eigenvalue weighted by Crippen LogP contribution is 2.46. The minimum Gasteiger partial charge on any atom is -0.373 e. The summed E-state index contributed by atoms with van der Waals surface area (Å²) in [6.45, 7) is 3.88. The first-order valence-electron chi connectivity index (χ1n) is 7.41. The number of aliphatic imine (C=N–C) groups is 1. The van der Waals surface area contributed by atoms with Crippen LogP contribution in [-0.4, -0.2) is 24.0 Å². The first-order chi connectivity index (χ1) is 10.2. The van der Waals surface area contributed by atoms with Crippen LogP contribution in [0.5, 0.6) is 0 Å². The lowest BCUT2D eigenvalue weighted by molar-refractivity contribution is 0.158. The van der Waals surface area contributed by atoms with Crippen molar-refractivity contribution in [3.63, 3.8) is 0 Å². The first-order valence-corrected chi connectivity index (χ1v) is 7.41. The van der Waals surface area contributed by atoms with E-state index in [0.717, 1.165) is 35.7 Å². The molecule has 0 bridgehead atoms. The van der Waals surface area contributed by atoms with Gasteiger partial charge in [-0.2, -0.15) is 0 Å². The summed E-state index contributed by atoms with van der Waals surface area (Å²) in [7, 11) is 0. The molecule has 2 aromatic carbocycles. The maximum atomic E-state index is 11.5. The molecule has 3 nitrogen and oxygen atoms in total. The molecule has 3 heteroatoms. The maximum Gasteiger partial charge on any atom is 0.174 e. The van der Waals surface area contributed by atoms with Crippen molar-refractivity contribution in [1.29, 1.82) is 0 Å². The number of aliphatic hydroxyl groups is 1. The van der Waals surface area contributed by atoms with Gasteiger partial charge in [-0.05, 0) is 17.5 Å². The fourth-order valence-corrected chi connectivity index (χ4v) is 3.41. The van der Waals surface area contributed by atoms with E-state index in [9.17, 15) is 5.11 Å². The van der Waals surface area contributed by atoms with E-state index >= 15 is 0 Å². The molecule has 0 amide bonds. The number of hydrogen-bond acceptors (Lipinski definition) is 3. The van der Waals surface area contributed by atoms with Gasteiger partial charge < -0.3 is 10.0 Å². The van der Waals surface area contributed by atoms with Crippen LogP contribution in [0.4, 0.5) is 5.69 Å². The van der Waals surface area contributed by atoms with E-state index in [1.165, 1.54) is 0 Å². The van der Waals surface area contributed by atoms with Crippen LogP contribution in [0.3, 0.4) is 0 Å². The normalized spacial score (nSPS) is 27.0. The largest absolute Gasteiger partial charge is 0.373 e. The number of anilines is 1. The minimum absolute atomic E-state index is 0.500. The average Bonchev–Trinajstić information content (AvgIpc) is 2.79. The van der Waals surface area contributed by atoms with Crippen molar-refractivity contribution in [2.45, 2.75) is 12.5 Å². The molecule has 2 aromatic rings. The molecule has 0 saturated carbocycles. The Morgan fingerprint density at radius 1 is 1.10 bits per heavy atom. The Morgan fingerprint density at radius 2 is 1.81 bits per heavy atom. The summed E-state index contributed by atoms with van der Waals surface area (Å²) in [6, 6.07) is 17.9. The number of amidine groups is 1. The van der Waals surface area contributed by atoms with Crippen molar-refractivity contribution < 1.29 is 5.11 Å². The van der Waals surface area contributed by atoms with Crippen LogP contribution >= 0.6 is 0 Å². The highest BCUT2D eigenvalue weighted by molar-refractivity contribution is 6.12. The van der Waals surface area contributed by atoms with E-state index in [1.54, 1.807) is 0 Å². The van der Waals surface area contributed by atoms with E-state index in [0.29, 0.717) is 5.92 Å². The Balaban J connectivity index is 1.98. The molecular formula is C18H18N2O. The topological polar surface area (TPSA) is 35.8 Å². The molecule has 0 radical (unpaired) electrons. The summed E-state index contributed by atoms with van der Waals surface area (Å²) in [5.74, 6) is 1.27. The molecule has 0 saturated heterocycles. The predicted octanol–water partition coefficient (Wildman–Crippen LogP) is 2.79. The number of rotatable bonds is 1. The van der Waals surface area contributed by atoms with Gasteiger partial charge in [-0.25, -0.2) is 0 Å². The second kappa shape index (κ2) is 4.43. The zero-order chi connectivity index (χ0) is 14.4. The Hall–Kier alpha value is -2.13. The Labute approximate surface area is 124 Å². The van der Waals surface area contributed by atoms with Gasteiger partial charge in [0.1, 0.15) is 5.84 Å². The van der Waals surface area contributed by atoms with Crippen molar-refractivity contribution >= 4 is 11.5 Å². The summed E-state index contributed by atoms with van der Waals surface area (Å²) in [5.41, 5.74) is 1.77. The summed E-state index contributed by atoms with van der Waals surface area (Å²) >= 11 is 0. The van der Waals surface area contributed by atoms with Crippen molar-refractivity contribution in [3.8, 4) is 0 Å². The van der Waals surface area contributed by atoms with Gasteiger partial charge in [-0.1, -0.05) is 55.5 Å². The van der Waals surface area contributed by atoms with E-state index < -0.39 is 5.60 Å². The summed E-state index contributed by atoms with van der Waals surface area (Å²) in [4.78, 5) is 6.89. The van der Waals surface area contributed by atoms with Crippen LogP contribution in [-0.2, 0) is 5.60 Å². The molecule has 21 heavy (non-hydrogen) atoms. The monoisotopic (exact) mass is 278 g/mol. The van der Waals surface area contributed by atoms with Crippen molar-refractivity contribution in [2.24, 2.45) is 10.9 Å². The van der Waals surface area contributed by atoms with Gasteiger partial charge in [0.15, 0.2) is 5.60 Å². The van der Waals surface area contributed by atoms with Crippen molar-refractivity contribution in [2.75, 3.05) is 18.0 Å². The van der Waals surface area contributed by atoms with E-state index in [1.807, 2.05) is 48.5 Å². The van der Waals surface area contributed by atoms with Gasteiger partial charge in [0, 0.05) is 24.3 Å². The van der Waals surface area contributed by atoms with Crippen LogP contribution in [0, 0.1) is 5.92 Å². The second-order valence-electron chi connectivity index (χ2n) is 5.97. The highest BCUT2D eigenvalue weighted by atomic mass is 16.3. The summed E-state index contributed by atoms with van der Waals surface area (Å²) in [5, 5.41) is 11.5. The van der Waals surface area contributed by atoms with E-state index in [-0.39, 0.29) is 0 Å². The number of para-hydroxylation sites is 1. The van der Waals surface area contributed by atoms with Gasteiger partial charge in [-0.3, -0.25) is 4.99 Å². The van der Waals surface area contributed by atoms with Gasteiger partial charge in [-0.15, -0.1) is 0 Å². The molecule has 4 rings (SSSR count). The molecule has 0 spiro atoms. The number of nitrogens with zero attached hydrogens (tertiary/aromatic N) is 2. The predicted molar refractivity (Wildman–Crippen MR) is 84.7 cm³/mol. The van der Waals surface area contributed by atoms with Crippen LogP contribution in [0.15, 0.2) is 59.6 Å². The molecule has 2 atom stereocenters. The molecular weight excluding hydrogens is 260 g/mol. The molecule has 2 aliphatic rings. The standard InChI is InChI=1S/C18H18N2O/c1-13-11-19-17-18(21,14-7-3-2-4-8-14)15-9-5-6-10-16(15)20(17)12-13/h2-10,13,21H,11-12H2,1H3/t13-,18-/m1/s1. The zero-order valence-electron chi connectivity index (χ0n) is 12.0. The van der Waals surface area contributed by atoms with E-state index in [2.05, 4.69) is 17.9 Å². The van der Waals surface area contributed by atoms with Crippen LogP contribution in [0.2, 0.25) is 0 Å². The molecule has 0 aliphatic carbocycles. The van der Waals surface area contributed by atoms with Gasteiger partial charge >= 0.3 is 0 Å². The third-order valence-electron chi connectivity index (χ3n) is 4.40. The SMILES string of the molecule is C[C@@H]1CN=C2N(C1)c1ccccc1[C@]2(O)c1ccccc1. The second-order valence-corrected chi connectivity index (χ2v) is 5.97. The van der Waals surface area contributed by atoms with Crippen LogP contribution in [0.1, 0.15) is 18.1 Å². The van der Waals surface area contributed by atoms with Crippen LogP contribution in [0.25, 0.3) is 0 Å². The highest BCUT2D eigenvalue weighted by Gasteiger charge is 2.49. The minimum atomic E-state index is -1.13. The summed E-state index contributed by atoms with van der Waals surface area (Å²) < 4.78 is 0. The lowest BCUT2D eigenvalue weighted by atomic mass is 9.87. The van der Waals surface area contributed by atoms with E-state index in [4.69, 9.17) is 4.99 Å². The Morgan fingerprint density at radius 3 is 2.62 bits per heavy atom. The molecule has 0 fully saturated rings. The lowest BCUT2D eigenvalue weighted by Crippen LogP contribution is -2.46. The molecule has 106 valence electrons. The summed E-state index contributed by atoms with van der Waals surface area (Å²) in [6.07, 6.45) is 0. The van der Waals surface area contributed by atoms with Gasteiger partial charge in [0.05, 0.1) is 0 Å². The fraction of sp³-hybridized carbons (Fsp3) is 0.278. The molecule has 2 heterocycles. The molecule has 2 aliphatic heterocycles. The molecule has 1 N–H and O–H groups in total. The van der Waals surface area contributed by atoms with Crippen molar-refractivity contribution in [1.82, 2.24) is 0 Å². The number of benzene rings is 2. The fourth-order valence-electron chi connectivity index (χ4n) is 3.41. The first kappa shape index (κ1) is 12.6. The molecule has 0 aromatic heterocycles. The smallest absolute Gasteiger partial charge is 0.174 e. The van der Waals surface area contributed by atoms with Crippen molar-refractivity contribution in [3.05, 3.63) is 65.7 Å². The third-order valence-corrected chi connectivity index (χ3v) is 4.40. The average molecular weight is 278 g/mol. The number of fused-ring (bicyclic) bond motifs is 3. The maximum absolute atomic E-state index is 11.5. The number of hydrogen-bond donors (Lipinski definition) is 1. The zero-order valence-corrected chi connectivity index (χ0v) is 12.0. The Kier molecular flexibility index (Phi) is 2.66. The van der Waals surface area contributed by atoms with Crippen LogP contribution < -0.4 is 4.90 Å². The lowest BCUT2D eigenvalue weighted by Gasteiger charge is -2.32. The Bertz CT molecular complexity index is 710. The third kappa shape index (κ3) is 1.67. The van der Waals surface area contributed by atoms with Gasteiger partial charge in [0.2, 0.25) is 0 Å². The van der Waals surface area contributed by atoms with Gasteiger partial charge in [0.25, 0.3) is 0 Å².